The molecule has 0 bridgehead atoms. The summed E-state index contributed by atoms with van der Waals surface area (Å²) in [5.41, 5.74) is 1.48. The molecular formula is C22H20O8. The summed E-state index contributed by atoms with van der Waals surface area (Å²) in [6.07, 6.45) is 0. The maximum atomic E-state index is 12.8. The number of rotatable bonds is 4. The minimum atomic E-state index is -0.655. The van der Waals surface area contributed by atoms with Gasteiger partial charge in [0, 0.05) is 47.2 Å². The van der Waals surface area contributed by atoms with Crippen molar-refractivity contribution in [1.29, 1.82) is 0 Å². The van der Waals surface area contributed by atoms with Gasteiger partial charge in [-0.05, 0) is 0 Å². The first-order valence-corrected chi connectivity index (χ1v) is 9.47. The van der Waals surface area contributed by atoms with Crippen molar-refractivity contribution >= 4 is 11.9 Å². The molecular weight excluding hydrogens is 392 g/mol. The molecule has 5 rings (SSSR count). The van der Waals surface area contributed by atoms with Crippen LogP contribution in [0.2, 0.25) is 0 Å². The second-order valence-corrected chi connectivity index (χ2v) is 7.43. The highest BCUT2D eigenvalue weighted by Crippen LogP contribution is 2.67. The number of esters is 2. The second kappa shape index (κ2) is 6.55. The Labute approximate surface area is 172 Å². The molecule has 4 atom stereocenters. The number of fused-ring (bicyclic) bond motifs is 8. The lowest BCUT2D eigenvalue weighted by Crippen LogP contribution is -2.57. The summed E-state index contributed by atoms with van der Waals surface area (Å²) in [5.74, 6) is -0.00774. The molecule has 3 aliphatic rings. The number of carbonyl (C=O) groups excluding carboxylic acids is 2. The van der Waals surface area contributed by atoms with Crippen molar-refractivity contribution in [1.82, 2.24) is 0 Å². The van der Waals surface area contributed by atoms with Crippen LogP contribution in [0.15, 0.2) is 24.3 Å². The Morgan fingerprint density at radius 3 is 1.33 bits per heavy atom. The van der Waals surface area contributed by atoms with Crippen LogP contribution in [-0.2, 0) is 9.59 Å². The summed E-state index contributed by atoms with van der Waals surface area (Å²) < 4.78 is 32.9. The number of hydrogen-bond donors (Lipinski definition) is 0. The molecule has 0 amide bonds. The smallest absolute Gasteiger partial charge is 0.315 e. The lowest BCUT2D eigenvalue weighted by Gasteiger charge is -2.53. The number of ether oxygens (including phenoxy) is 6. The van der Waals surface area contributed by atoms with Gasteiger partial charge in [-0.15, -0.1) is 0 Å². The first kappa shape index (κ1) is 18.6. The first-order valence-electron chi connectivity index (χ1n) is 9.47. The fourth-order valence-electron chi connectivity index (χ4n) is 4.96. The van der Waals surface area contributed by atoms with Crippen LogP contribution in [0.1, 0.15) is 23.0 Å². The van der Waals surface area contributed by atoms with Crippen molar-refractivity contribution < 1.29 is 38.0 Å². The third-order valence-corrected chi connectivity index (χ3v) is 6.25. The highest BCUT2D eigenvalue weighted by atomic mass is 16.6. The van der Waals surface area contributed by atoms with E-state index in [4.69, 9.17) is 28.4 Å². The van der Waals surface area contributed by atoms with Crippen molar-refractivity contribution in [3.63, 3.8) is 0 Å². The van der Waals surface area contributed by atoms with E-state index in [1.54, 1.807) is 38.5 Å². The van der Waals surface area contributed by atoms with Gasteiger partial charge in [0.05, 0.1) is 40.3 Å². The van der Waals surface area contributed by atoms with Gasteiger partial charge in [-0.25, -0.2) is 0 Å². The predicted molar refractivity (Wildman–Crippen MR) is 103 cm³/mol. The molecule has 8 heteroatoms. The molecule has 0 radical (unpaired) electrons. The zero-order chi connectivity index (χ0) is 21.2. The van der Waals surface area contributed by atoms with Gasteiger partial charge in [-0.3, -0.25) is 9.59 Å². The Morgan fingerprint density at radius 2 is 1.00 bits per heavy atom. The number of hydrogen-bond acceptors (Lipinski definition) is 8. The average molecular weight is 412 g/mol. The molecule has 0 aromatic heterocycles. The maximum Gasteiger partial charge on any atom is 0.315 e. The molecule has 1 aliphatic carbocycles. The van der Waals surface area contributed by atoms with E-state index in [1.807, 2.05) is 0 Å². The van der Waals surface area contributed by atoms with Gasteiger partial charge in [0.15, 0.2) is 0 Å². The highest BCUT2D eigenvalue weighted by molar-refractivity contribution is 5.93. The van der Waals surface area contributed by atoms with Crippen molar-refractivity contribution in [2.24, 2.45) is 11.8 Å². The van der Waals surface area contributed by atoms with E-state index < -0.39 is 23.8 Å². The molecule has 0 N–H and O–H groups in total. The van der Waals surface area contributed by atoms with Crippen LogP contribution in [-0.4, -0.2) is 40.4 Å². The Morgan fingerprint density at radius 1 is 0.600 bits per heavy atom. The Kier molecular flexibility index (Phi) is 4.06. The van der Waals surface area contributed by atoms with Gasteiger partial charge in [0.25, 0.3) is 0 Å². The molecule has 2 heterocycles. The summed E-state index contributed by atoms with van der Waals surface area (Å²) >= 11 is 0. The monoisotopic (exact) mass is 412 g/mol. The van der Waals surface area contributed by atoms with Crippen LogP contribution in [0.5, 0.6) is 34.5 Å². The minimum absolute atomic E-state index is 0.319. The largest absolute Gasteiger partial charge is 0.496 e. The molecule has 0 spiro atoms. The van der Waals surface area contributed by atoms with E-state index in [-0.39, 0.29) is 11.8 Å². The lowest BCUT2D eigenvalue weighted by atomic mass is 9.50. The first-order chi connectivity index (χ1) is 14.5. The topological polar surface area (TPSA) is 89.5 Å². The second-order valence-electron chi connectivity index (χ2n) is 7.43. The van der Waals surface area contributed by atoms with E-state index in [0.717, 1.165) is 11.1 Å². The summed E-state index contributed by atoms with van der Waals surface area (Å²) in [4.78, 5) is 25.6. The zero-order valence-corrected chi connectivity index (χ0v) is 16.9. The van der Waals surface area contributed by atoms with Crippen LogP contribution in [0.25, 0.3) is 0 Å². The van der Waals surface area contributed by atoms with E-state index in [9.17, 15) is 9.59 Å². The van der Waals surface area contributed by atoms with E-state index in [0.29, 0.717) is 34.5 Å². The van der Waals surface area contributed by atoms with Crippen LogP contribution in [0, 0.1) is 11.8 Å². The van der Waals surface area contributed by atoms with Gasteiger partial charge >= 0.3 is 11.9 Å². The summed E-state index contributed by atoms with van der Waals surface area (Å²) in [5, 5.41) is 0. The molecule has 2 aromatic carbocycles. The normalized spacial score (nSPS) is 25.3. The molecule has 8 nitrogen and oxygen atoms in total. The van der Waals surface area contributed by atoms with Crippen LogP contribution in [0.3, 0.4) is 0 Å². The number of carbonyl (C=O) groups is 2. The molecule has 1 fully saturated rings. The van der Waals surface area contributed by atoms with Crippen LogP contribution >= 0.6 is 0 Å². The maximum absolute atomic E-state index is 12.8. The van der Waals surface area contributed by atoms with Crippen molar-refractivity contribution in [2.45, 2.75) is 11.8 Å². The zero-order valence-electron chi connectivity index (χ0n) is 16.9. The van der Waals surface area contributed by atoms with Gasteiger partial charge < -0.3 is 28.4 Å². The van der Waals surface area contributed by atoms with Gasteiger partial charge in [0.2, 0.25) is 0 Å². The lowest BCUT2D eigenvalue weighted by molar-refractivity contribution is -0.165. The molecule has 2 aromatic rings. The summed E-state index contributed by atoms with van der Waals surface area (Å²) in [6, 6.07) is 6.81. The number of benzene rings is 2. The van der Waals surface area contributed by atoms with Crippen molar-refractivity contribution in [2.75, 3.05) is 28.4 Å². The molecule has 156 valence electrons. The molecule has 1 saturated carbocycles. The van der Waals surface area contributed by atoms with Crippen LogP contribution < -0.4 is 28.4 Å². The van der Waals surface area contributed by atoms with Gasteiger partial charge in [-0.1, -0.05) is 0 Å². The molecule has 30 heavy (non-hydrogen) atoms. The van der Waals surface area contributed by atoms with Gasteiger partial charge in [-0.2, -0.15) is 0 Å². The Hall–Kier alpha value is -3.42. The van der Waals surface area contributed by atoms with E-state index in [1.165, 1.54) is 14.2 Å². The quantitative estimate of drug-likeness (QED) is 0.559. The third kappa shape index (κ3) is 2.33. The fraction of sp³-hybridized carbons (Fsp3) is 0.364. The average Bonchev–Trinajstić information content (AvgIpc) is 2.73. The Bertz CT molecular complexity index is 990. The number of methoxy groups -OCH3 is 4. The van der Waals surface area contributed by atoms with Crippen molar-refractivity contribution in [3.05, 3.63) is 35.4 Å². The summed E-state index contributed by atoms with van der Waals surface area (Å²) in [7, 11) is 6.15. The highest BCUT2D eigenvalue weighted by Gasteiger charge is 2.66. The van der Waals surface area contributed by atoms with Crippen molar-refractivity contribution in [3.8, 4) is 34.5 Å². The molecule has 0 saturated heterocycles. The fourth-order valence-corrected chi connectivity index (χ4v) is 4.96. The van der Waals surface area contributed by atoms with E-state index in [2.05, 4.69) is 0 Å². The van der Waals surface area contributed by atoms with E-state index >= 15 is 0 Å². The third-order valence-electron chi connectivity index (χ3n) is 6.25. The standard InChI is InChI=1S/C22H20O8/c1-25-9-5-11(27-3)15-13(7-9)29-21(23)19-17(15)18-16-12(28-4)6-10(26-2)8-14(16)30-22(24)20(18)19/h5-8,17-20H,1-4H3/t17-,18+,19-,20+. The van der Waals surface area contributed by atoms with Gasteiger partial charge in [0.1, 0.15) is 34.5 Å². The molecule has 0 unspecified atom stereocenters. The Balaban J connectivity index is 1.72. The van der Waals surface area contributed by atoms with Crippen LogP contribution in [0.4, 0.5) is 0 Å². The minimum Gasteiger partial charge on any atom is -0.496 e. The SMILES string of the molecule is COc1cc(OC)c2c(c1)OC(=O)[C@@H]1[C@@H]3C(=O)Oc4cc(OC)cc(OC)c4[C@@H]3[C@H]21. The molecule has 2 aliphatic heterocycles. The predicted octanol–water partition coefficient (Wildman–Crippen LogP) is 2.67. The summed E-state index contributed by atoms with van der Waals surface area (Å²) in [6.45, 7) is 0.